The molecule has 8 rings (SSSR count). The van der Waals surface area contributed by atoms with Crippen LogP contribution in [-0.4, -0.2) is 109 Å². The highest BCUT2D eigenvalue weighted by Gasteiger charge is 2.18. The van der Waals surface area contributed by atoms with E-state index in [9.17, 15) is 0 Å². The molecule has 0 aliphatic carbocycles. The summed E-state index contributed by atoms with van der Waals surface area (Å²) in [5.41, 5.74) is 6.68. The van der Waals surface area contributed by atoms with Crippen molar-refractivity contribution in [3.05, 3.63) is 113 Å². The number of anilines is 4. The van der Waals surface area contributed by atoms with E-state index in [-0.39, 0.29) is 0 Å². The molecule has 1 unspecified atom stereocenters. The third kappa shape index (κ3) is 13.0. The van der Waals surface area contributed by atoms with E-state index in [1.807, 2.05) is 30.5 Å². The number of aryl methyl sites for hydroxylation is 2. The monoisotopic (exact) mass is 725 g/mol. The number of nitrogens with zero attached hydrogens (tertiary/aromatic N) is 5. The quantitative estimate of drug-likeness (QED) is 0.220. The second-order valence-corrected chi connectivity index (χ2v) is 14.2. The van der Waals surface area contributed by atoms with Gasteiger partial charge in [-0.05, 0) is 92.6 Å². The molecule has 4 aliphatic rings. The SMILES string of the molecule is Cc1cccc(N2CCNCC2)c1.Cc1cccc(N2CCNCC2C)c1.Clc1ccc(N2CCNCC2)cc1.c1ccc(N2CCNCC2)nc1. The summed E-state index contributed by atoms with van der Waals surface area (Å²) in [6, 6.07) is 32.2. The molecule has 0 saturated carbocycles. The fourth-order valence-electron chi connectivity index (χ4n) is 6.79. The molecule has 0 amide bonds. The van der Waals surface area contributed by atoms with E-state index in [2.05, 4.69) is 133 Å². The molecule has 4 N–H and O–H groups in total. The van der Waals surface area contributed by atoms with Gasteiger partial charge in [-0.15, -0.1) is 0 Å². The predicted molar refractivity (Wildman–Crippen MR) is 223 cm³/mol. The molecule has 3 aromatic carbocycles. The van der Waals surface area contributed by atoms with Gasteiger partial charge >= 0.3 is 0 Å². The first-order valence-electron chi connectivity index (χ1n) is 19.1. The summed E-state index contributed by atoms with van der Waals surface area (Å²) in [5.74, 6) is 1.10. The summed E-state index contributed by atoms with van der Waals surface area (Å²) < 4.78 is 0. The number of aromatic nitrogens is 1. The summed E-state index contributed by atoms with van der Waals surface area (Å²) in [5, 5.41) is 14.2. The lowest BCUT2D eigenvalue weighted by Crippen LogP contribution is -2.49. The van der Waals surface area contributed by atoms with Crippen LogP contribution in [-0.2, 0) is 0 Å². The minimum Gasteiger partial charge on any atom is -0.369 e. The first-order chi connectivity index (χ1) is 25.5. The lowest BCUT2D eigenvalue weighted by Gasteiger charge is -2.36. The molecular formula is C42H60ClN9. The Morgan fingerprint density at radius 1 is 0.538 bits per heavy atom. The Morgan fingerprint density at radius 3 is 1.60 bits per heavy atom. The summed E-state index contributed by atoms with van der Waals surface area (Å²) >= 11 is 5.82. The molecule has 10 heteroatoms. The number of rotatable bonds is 4. The van der Waals surface area contributed by atoms with Crippen LogP contribution in [0.25, 0.3) is 0 Å². The number of piperazine rings is 4. The van der Waals surface area contributed by atoms with E-state index in [1.165, 1.54) is 28.2 Å². The molecule has 4 aromatic rings. The zero-order valence-electron chi connectivity index (χ0n) is 31.5. The zero-order valence-corrected chi connectivity index (χ0v) is 32.3. The predicted octanol–water partition coefficient (Wildman–Crippen LogP) is 5.44. The van der Waals surface area contributed by atoms with Gasteiger partial charge in [0.25, 0.3) is 0 Å². The average molecular weight is 726 g/mol. The number of hydrogen-bond acceptors (Lipinski definition) is 9. The first-order valence-corrected chi connectivity index (χ1v) is 19.5. The van der Waals surface area contributed by atoms with Gasteiger partial charge in [0.1, 0.15) is 5.82 Å². The van der Waals surface area contributed by atoms with Gasteiger partial charge in [0, 0.05) is 132 Å². The maximum atomic E-state index is 5.82. The van der Waals surface area contributed by atoms with E-state index in [0.29, 0.717) is 6.04 Å². The Balaban J connectivity index is 0.000000134. The Kier molecular flexibility index (Phi) is 16.4. The average Bonchev–Trinajstić information content (AvgIpc) is 3.20. The van der Waals surface area contributed by atoms with Gasteiger partial charge in [0.05, 0.1) is 0 Å². The molecule has 52 heavy (non-hydrogen) atoms. The van der Waals surface area contributed by atoms with Crippen LogP contribution in [0.3, 0.4) is 0 Å². The molecule has 4 saturated heterocycles. The van der Waals surface area contributed by atoms with E-state index in [0.717, 1.165) is 109 Å². The standard InChI is InChI=1S/C12H18N2.C11H16N2.C10H13ClN2.C9H13N3/c1-10-4-3-5-12(8-10)14-7-6-13-9-11(14)2;1-10-3-2-4-11(9-10)13-7-5-12-6-8-13;11-9-1-3-10(4-2-9)13-7-5-12-6-8-13;1-2-4-11-9(3-1)12-7-5-10-6-8-12/h3-5,8,11,13H,6-7,9H2,1-2H3;2-4,9,12H,5-8H2,1H3;1-4,12H,5-8H2;1-4,10H,5-8H2. The maximum Gasteiger partial charge on any atom is 0.128 e. The van der Waals surface area contributed by atoms with Crippen molar-refractivity contribution in [1.82, 2.24) is 26.3 Å². The lowest BCUT2D eigenvalue weighted by molar-refractivity contribution is 0.501. The van der Waals surface area contributed by atoms with Crippen LogP contribution in [0.15, 0.2) is 97.2 Å². The molecule has 0 bridgehead atoms. The van der Waals surface area contributed by atoms with Crippen molar-refractivity contribution in [3.8, 4) is 0 Å². The Morgan fingerprint density at radius 2 is 1.06 bits per heavy atom. The Bertz CT molecular complexity index is 1550. The van der Waals surface area contributed by atoms with Crippen molar-refractivity contribution in [3.63, 3.8) is 0 Å². The number of hydrogen-bond donors (Lipinski definition) is 4. The number of benzene rings is 3. The van der Waals surface area contributed by atoms with Crippen molar-refractivity contribution < 1.29 is 0 Å². The summed E-state index contributed by atoms with van der Waals surface area (Å²) in [7, 11) is 0. The molecule has 0 spiro atoms. The second kappa shape index (κ2) is 21.6. The third-order valence-electron chi connectivity index (χ3n) is 9.72. The van der Waals surface area contributed by atoms with E-state index in [4.69, 9.17) is 11.6 Å². The number of nitrogens with one attached hydrogen (secondary N) is 4. The number of pyridine rings is 1. The lowest BCUT2D eigenvalue weighted by atomic mass is 10.1. The highest BCUT2D eigenvalue weighted by atomic mass is 35.5. The van der Waals surface area contributed by atoms with Crippen LogP contribution in [0.4, 0.5) is 22.9 Å². The molecule has 0 radical (unpaired) electrons. The minimum absolute atomic E-state index is 0.602. The summed E-state index contributed by atoms with van der Waals surface area (Å²) in [6.45, 7) is 22.9. The molecule has 1 aromatic heterocycles. The minimum atomic E-state index is 0.602. The Labute approximate surface area is 317 Å². The van der Waals surface area contributed by atoms with Crippen LogP contribution in [0, 0.1) is 13.8 Å². The molecule has 9 nitrogen and oxygen atoms in total. The van der Waals surface area contributed by atoms with Crippen LogP contribution < -0.4 is 40.9 Å². The van der Waals surface area contributed by atoms with Crippen LogP contribution >= 0.6 is 11.6 Å². The molecule has 280 valence electrons. The smallest absolute Gasteiger partial charge is 0.128 e. The van der Waals surface area contributed by atoms with Gasteiger partial charge in [-0.1, -0.05) is 41.9 Å². The molecule has 5 heterocycles. The van der Waals surface area contributed by atoms with Gasteiger partial charge in [-0.25, -0.2) is 4.98 Å². The van der Waals surface area contributed by atoms with E-state index >= 15 is 0 Å². The number of halogens is 1. The molecule has 4 fully saturated rings. The molecule has 4 aliphatic heterocycles. The fraction of sp³-hybridized carbons (Fsp3) is 0.452. The zero-order chi connectivity index (χ0) is 36.4. The Hall–Kier alpha value is -3.86. The summed E-state index contributed by atoms with van der Waals surface area (Å²) in [4.78, 5) is 13.9. The summed E-state index contributed by atoms with van der Waals surface area (Å²) in [6.07, 6.45) is 1.84. The topological polar surface area (TPSA) is 74.0 Å². The third-order valence-corrected chi connectivity index (χ3v) is 9.97. The van der Waals surface area contributed by atoms with Gasteiger partial charge in [-0.2, -0.15) is 0 Å². The van der Waals surface area contributed by atoms with Gasteiger partial charge < -0.3 is 40.9 Å². The van der Waals surface area contributed by atoms with Gasteiger partial charge in [-0.3, -0.25) is 0 Å². The highest BCUT2D eigenvalue weighted by molar-refractivity contribution is 6.30. The maximum absolute atomic E-state index is 5.82. The van der Waals surface area contributed by atoms with Crippen molar-refractivity contribution in [2.45, 2.75) is 26.8 Å². The van der Waals surface area contributed by atoms with Gasteiger partial charge in [0.2, 0.25) is 0 Å². The fourth-order valence-corrected chi connectivity index (χ4v) is 6.91. The van der Waals surface area contributed by atoms with Crippen LogP contribution in [0.2, 0.25) is 5.02 Å². The van der Waals surface area contributed by atoms with E-state index in [1.54, 1.807) is 0 Å². The first kappa shape index (κ1) is 39.3. The van der Waals surface area contributed by atoms with Gasteiger partial charge in [0.15, 0.2) is 0 Å². The van der Waals surface area contributed by atoms with E-state index < -0.39 is 0 Å². The molecular weight excluding hydrogens is 666 g/mol. The van der Waals surface area contributed by atoms with Crippen molar-refractivity contribution in [2.75, 3.05) is 118 Å². The van der Waals surface area contributed by atoms with Crippen molar-refractivity contribution in [2.24, 2.45) is 0 Å². The van der Waals surface area contributed by atoms with Crippen LogP contribution in [0.1, 0.15) is 18.1 Å². The van der Waals surface area contributed by atoms with Crippen molar-refractivity contribution >= 4 is 34.5 Å². The van der Waals surface area contributed by atoms with Crippen LogP contribution in [0.5, 0.6) is 0 Å². The van der Waals surface area contributed by atoms with Crippen molar-refractivity contribution in [1.29, 1.82) is 0 Å². The highest BCUT2D eigenvalue weighted by Crippen LogP contribution is 2.20. The molecule has 1 atom stereocenters. The second-order valence-electron chi connectivity index (χ2n) is 13.8. The largest absolute Gasteiger partial charge is 0.369 e. The normalized spacial score (nSPS) is 18.9.